The fraction of sp³-hybridized carbons (Fsp3) is 0.0943. The fourth-order valence-electron chi connectivity index (χ4n) is 9.14. The van der Waals surface area contributed by atoms with Crippen LogP contribution >= 0.6 is 0 Å². The first-order chi connectivity index (χ1) is 27.9. The van der Waals surface area contributed by atoms with Crippen LogP contribution in [0.25, 0.3) is 43.4 Å². The average molecular weight is 731 g/mol. The number of benzene rings is 8. The molecule has 10 rings (SSSR count). The molecule has 0 saturated heterocycles. The van der Waals surface area contributed by atoms with Crippen molar-refractivity contribution in [1.29, 1.82) is 10.5 Å². The summed E-state index contributed by atoms with van der Waals surface area (Å²) in [4.78, 5) is 4.78. The molecule has 0 aliphatic heterocycles. The first-order valence-electron chi connectivity index (χ1n) is 19.5. The van der Waals surface area contributed by atoms with Gasteiger partial charge in [0, 0.05) is 44.2 Å². The number of hydrogen-bond donors (Lipinski definition) is 0. The number of hydrogen-bond acceptors (Lipinski definition) is 4. The number of fused-ring (bicyclic) bond motifs is 7. The second-order valence-electron chi connectivity index (χ2n) is 15.5. The van der Waals surface area contributed by atoms with Crippen molar-refractivity contribution >= 4 is 60.8 Å². The lowest BCUT2D eigenvalue weighted by Crippen LogP contribution is -2.21. The maximum absolute atomic E-state index is 9.76. The van der Waals surface area contributed by atoms with Crippen molar-refractivity contribution in [2.45, 2.75) is 32.1 Å². The molecule has 0 aromatic heterocycles. The highest BCUT2D eigenvalue weighted by Crippen LogP contribution is 2.56. The summed E-state index contributed by atoms with van der Waals surface area (Å²) in [7, 11) is 0. The Labute approximate surface area is 333 Å². The summed E-state index contributed by atoms with van der Waals surface area (Å²) in [5.74, 6) is 0. The van der Waals surface area contributed by atoms with Gasteiger partial charge in [-0.05, 0) is 118 Å². The van der Waals surface area contributed by atoms with Crippen molar-refractivity contribution in [2.75, 3.05) is 9.80 Å². The third-order valence-corrected chi connectivity index (χ3v) is 12.0. The molecule has 0 bridgehead atoms. The zero-order valence-electron chi connectivity index (χ0n) is 31.9. The Balaban J connectivity index is 1.19. The zero-order chi connectivity index (χ0) is 38.7. The van der Waals surface area contributed by atoms with Gasteiger partial charge >= 0.3 is 0 Å². The summed E-state index contributed by atoms with van der Waals surface area (Å²) in [5.41, 5.74) is 12.7. The number of nitrogens with zero attached hydrogens (tertiary/aromatic N) is 4. The first kappa shape index (κ1) is 34.1. The Kier molecular flexibility index (Phi) is 8.03. The van der Waals surface area contributed by atoms with Gasteiger partial charge in [-0.25, -0.2) is 0 Å². The highest BCUT2D eigenvalue weighted by Gasteiger charge is 2.39. The molecule has 2 aliphatic carbocycles. The number of nitriles is 2. The quantitative estimate of drug-likeness (QED) is 0.171. The first-order valence-corrected chi connectivity index (χ1v) is 19.5. The molecule has 57 heavy (non-hydrogen) atoms. The normalized spacial score (nSPS) is 14.0. The molecule has 2 aliphatic rings. The molecule has 0 unspecified atom stereocenters. The van der Waals surface area contributed by atoms with Gasteiger partial charge in [0.2, 0.25) is 0 Å². The summed E-state index contributed by atoms with van der Waals surface area (Å²) in [6.45, 7) is 4.71. The van der Waals surface area contributed by atoms with E-state index in [9.17, 15) is 10.5 Å². The third kappa shape index (κ3) is 5.49. The second-order valence-corrected chi connectivity index (χ2v) is 15.5. The summed E-state index contributed by atoms with van der Waals surface area (Å²) in [6.07, 6.45) is 5.60. The van der Waals surface area contributed by atoms with E-state index in [0.717, 1.165) is 45.8 Å². The molecule has 0 atom stereocenters. The molecule has 0 radical (unpaired) electrons. The van der Waals surface area contributed by atoms with Crippen molar-refractivity contribution in [2.24, 2.45) is 0 Å². The van der Waals surface area contributed by atoms with E-state index in [-0.39, 0.29) is 5.41 Å². The van der Waals surface area contributed by atoms with E-state index < -0.39 is 0 Å². The molecule has 0 spiro atoms. The molecule has 0 fully saturated rings. The largest absolute Gasteiger partial charge is 0.313 e. The molecule has 0 amide bonds. The van der Waals surface area contributed by atoms with Gasteiger partial charge in [-0.3, -0.25) is 0 Å². The van der Waals surface area contributed by atoms with Gasteiger partial charge in [0.1, 0.15) is 0 Å². The van der Waals surface area contributed by atoms with Crippen LogP contribution in [0, 0.1) is 22.7 Å². The van der Waals surface area contributed by atoms with Crippen LogP contribution in [-0.4, -0.2) is 0 Å². The molecule has 8 aromatic carbocycles. The van der Waals surface area contributed by atoms with Crippen molar-refractivity contribution in [3.05, 3.63) is 198 Å². The van der Waals surface area contributed by atoms with E-state index in [1.54, 1.807) is 0 Å². The van der Waals surface area contributed by atoms with Crippen LogP contribution < -0.4 is 9.80 Å². The summed E-state index contributed by atoms with van der Waals surface area (Å²) >= 11 is 0. The van der Waals surface area contributed by atoms with Crippen molar-refractivity contribution in [1.82, 2.24) is 0 Å². The zero-order valence-corrected chi connectivity index (χ0v) is 31.9. The van der Waals surface area contributed by atoms with Gasteiger partial charge in [-0.1, -0.05) is 117 Å². The van der Waals surface area contributed by atoms with Gasteiger partial charge in [-0.2, -0.15) is 10.5 Å². The lowest BCUT2D eigenvalue weighted by atomic mass is 9.81. The topological polar surface area (TPSA) is 54.1 Å². The van der Waals surface area contributed by atoms with Gasteiger partial charge in [0.15, 0.2) is 0 Å². The number of anilines is 5. The van der Waals surface area contributed by atoms with E-state index in [4.69, 9.17) is 0 Å². The second kappa shape index (κ2) is 13.4. The van der Waals surface area contributed by atoms with Gasteiger partial charge in [0.25, 0.3) is 0 Å². The Morgan fingerprint density at radius 3 is 1.72 bits per heavy atom. The minimum atomic E-state index is -0.339. The number of rotatable bonds is 6. The molecule has 4 nitrogen and oxygen atoms in total. The van der Waals surface area contributed by atoms with E-state index in [0.29, 0.717) is 12.0 Å². The van der Waals surface area contributed by atoms with Crippen molar-refractivity contribution < 1.29 is 0 Å². The van der Waals surface area contributed by atoms with Gasteiger partial charge in [0.05, 0.1) is 34.8 Å². The third-order valence-electron chi connectivity index (χ3n) is 12.0. The minimum Gasteiger partial charge on any atom is -0.313 e. The lowest BCUT2D eigenvalue weighted by molar-refractivity contribution is 0.661. The van der Waals surface area contributed by atoms with E-state index in [1.165, 1.54) is 54.9 Å². The molecular weight excluding hydrogens is 693 g/mol. The monoisotopic (exact) mass is 730 g/mol. The van der Waals surface area contributed by atoms with Gasteiger partial charge < -0.3 is 9.80 Å². The maximum Gasteiger partial charge on any atom is 0.0991 e. The van der Waals surface area contributed by atoms with E-state index >= 15 is 0 Å². The SMILES string of the molecule is CC1(C)c2cc(N(c3ccc(C#N)cc3)c3cccc4ccccc34)ccc2-c2c1cc(N(C1=CC=C(C#N)CC1)c1cccc3ccccc13)c1ccccc21. The Bertz CT molecular complexity index is 3070. The number of allylic oxidation sites excluding steroid dienone is 4. The Morgan fingerprint density at radius 2 is 1.09 bits per heavy atom. The van der Waals surface area contributed by atoms with Crippen LogP contribution in [0.1, 0.15) is 43.4 Å². The highest BCUT2D eigenvalue weighted by atomic mass is 15.2. The van der Waals surface area contributed by atoms with E-state index in [2.05, 4.69) is 175 Å². The van der Waals surface area contributed by atoms with E-state index in [1.807, 2.05) is 30.3 Å². The van der Waals surface area contributed by atoms with Crippen molar-refractivity contribution in [3.8, 4) is 23.3 Å². The standard InChI is InChI=1S/C53H38N4/c1-53(2)47-31-41(56(39-25-21-35(33-54)22-26-39)49-19-9-13-37-11-3-5-15-42(37)49)29-30-46(47)52-45-18-8-7-17-44(45)51(32-48(52)53)57(40-27-23-36(34-55)24-28-40)50-20-10-14-38-12-4-6-16-43(38)50/h3-23,25-27,29-32H,24,28H2,1-2H3. The summed E-state index contributed by atoms with van der Waals surface area (Å²) in [5, 5.41) is 26.5. The molecule has 0 saturated carbocycles. The molecule has 0 heterocycles. The van der Waals surface area contributed by atoms with Crippen LogP contribution in [0.3, 0.4) is 0 Å². The summed E-state index contributed by atoms with van der Waals surface area (Å²) < 4.78 is 0. The molecule has 270 valence electrons. The van der Waals surface area contributed by atoms with Crippen LogP contribution in [0.2, 0.25) is 0 Å². The molecule has 0 N–H and O–H groups in total. The molecular formula is C53H38N4. The van der Waals surface area contributed by atoms with Crippen LogP contribution in [0.4, 0.5) is 28.4 Å². The predicted octanol–water partition coefficient (Wildman–Crippen LogP) is 14.1. The molecule has 8 aromatic rings. The van der Waals surface area contributed by atoms with Crippen LogP contribution in [0.15, 0.2) is 181 Å². The maximum atomic E-state index is 9.76. The highest BCUT2D eigenvalue weighted by molar-refractivity contribution is 6.11. The van der Waals surface area contributed by atoms with Crippen LogP contribution in [0.5, 0.6) is 0 Å². The Hall–Kier alpha value is -7.40. The summed E-state index contributed by atoms with van der Waals surface area (Å²) in [6, 6.07) is 60.9. The average Bonchev–Trinajstić information content (AvgIpc) is 3.49. The minimum absolute atomic E-state index is 0.339. The Morgan fingerprint density at radius 1 is 0.491 bits per heavy atom. The fourth-order valence-corrected chi connectivity index (χ4v) is 9.14. The lowest BCUT2D eigenvalue weighted by Gasteiger charge is -2.33. The van der Waals surface area contributed by atoms with Crippen LogP contribution in [-0.2, 0) is 5.41 Å². The predicted molar refractivity (Wildman–Crippen MR) is 236 cm³/mol. The molecule has 4 heteroatoms. The van der Waals surface area contributed by atoms with Crippen molar-refractivity contribution in [3.63, 3.8) is 0 Å². The van der Waals surface area contributed by atoms with Gasteiger partial charge in [-0.15, -0.1) is 0 Å². The smallest absolute Gasteiger partial charge is 0.0991 e.